The molecule has 1 aromatic heterocycles. The highest BCUT2D eigenvalue weighted by molar-refractivity contribution is 7.10. The van der Waals surface area contributed by atoms with E-state index < -0.39 is 0 Å². The van der Waals surface area contributed by atoms with Gasteiger partial charge >= 0.3 is 0 Å². The van der Waals surface area contributed by atoms with Crippen LogP contribution in [0.5, 0.6) is 0 Å². The lowest BCUT2D eigenvalue weighted by atomic mass is 10.1. The van der Waals surface area contributed by atoms with Gasteiger partial charge in [-0.25, -0.2) is 0 Å². The van der Waals surface area contributed by atoms with E-state index in [0.29, 0.717) is 33.0 Å². The molecule has 1 unspecified atom stereocenters. The van der Waals surface area contributed by atoms with E-state index in [1.54, 1.807) is 0 Å². The number of thiophene rings is 1. The van der Waals surface area contributed by atoms with Gasteiger partial charge in [-0.2, -0.15) is 0 Å². The normalized spacial score (nSPS) is 11.8. The Morgan fingerprint density at radius 1 is 1.11 bits per heavy atom. The van der Waals surface area contributed by atoms with Crippen LogP contribution < -0.4 is 10.6 Å². The molecule has 152 valence electrons. The Morgan fingerprint density at radius 2 is 1.89 bits per heavy atom. The molecule has 7 heteroatoms. The maximum absolute atomic E-state index is 12.4. The van der Waals surface area contributed by atoms with Gasteiger partial charge in [0.05, 0.1) is 32.3 Å². The van der Waals surface area contributed by atoms with Crippen LogP contribution in [0, 0.1) is 0 Å². The summed E-state index contributed by atoms with van der Waals surface area (Å²) in [5, 5.41) is 7.71. The smallest absolute Gasteiger partial charge is 0.222 e. The number of carbonyl (C=O) groups excluding carboxylic acids is 2. The van der Waals surface area contributed by atoms with E-state index in [1.807, 2.05) is 48.7 Å². The zero-order valence-corrected chi connectivity index (χ0v) is 17.2. The predicted molar refractivity (Wildman–Crippen MR) is 110 cm³/mol. The standard InChI is InChI=1S/C21H28N2O4S/c1-3-26-9-10-27-15-18-7-4-6-17(12-18)14-22-21(25)13-19(23-16(2)24)20-8-5-11-28-20/h4-8,11-12,19H,3,9-10,13-15H2,1-2H3,(H,22,25)(H,23,24). The molecule has 0 spiro atoms. The van der Waals surface area contributed by atoms with Crippen molar-refractivity contribution in [1.82, 2.24) is 10.6 Å². The van der Waals surface area contributed by atoms with Crippen molar-refractivity contribution in [1.29, 1.82) is 0 Å². The van der Waals surface area contributed by atoms with Crippen molar-refractivity contribution in [2.24, 2.45) is 0 Å². The Morgan fingerprint density at radius 3 is 2.61 bits per heavy atom. The van der Waals surface area contributed by atoms with Gasteiger partial charge in [0.15, 0.2) is 0 Å². The summed E-state index contributed by atoms with van der Waals surface area (Å²) in [6.07, 6.45) is 0.209. The summed E-state index contributed by atoms with van der Waals surface area (Å²) in [7, 11) is 0. The first-order chi connectivity index (χ1) is 13.6. The van der Waals surface area contributed by atoms with Crippen LogP contribution in [0.3, 0.4) is 0 Å². The fraction of sp³-hybridized carbons (Fsp3) is 0.429. The Bertz CT molecular complexity index is 734. The third-order valence-electron chi connectivity index (χ3n) is 3.98. The van der Waals surface area contributed by atoms with Gasteiger partial charge in [-0.3, -0.25) is 9.59 Å². The van der Waals surface area contributed by atoms with Crippen molar-refractivity contribution in [3.05, 3.63) is 57.8 Å². The molecule has 0 fully saturated rings. The lowest BCUT2D eigenvalue weighted by molar-refractivity contribution is -0.122. The van der Waals surface area contributed by atoms with E-state index in [9.17, 15) is 9.59 Å². The second-order valence-corrected chi connectivity index (χ2v) is 7.30. The maximum Gasteiger partial charge on any atom is 0.222 e. The molecule has 2 N–H and O–H groups in total. The molecule has 0 bridgehead atoms. The zero-order valence-electron chi connectivity index (χ0n) is 16.4. The first kappa shape index (κ1) is 22.1. The molecule has 1 heterocycles. The van der Waals surface area contributed by atoms with Crippen LogP contribution in [0.25, 0.3) is 0 Å². The molecular weight excluding hydrogens is 376 g/mol. The maximum atomic E-state index is 12.4. The van der Waals surface area contributed by atoms with Crippen molar-refractivity contribution in [3.8, 4) is 0 Å². The second-order valence-electron chi connectivity index (χ2n) is 6.32. The molecule has 0 aliphatic rings. The summed E-state index contributed by atoms with van der Waals surface area (Å²) in [6, 6.07) is 11.5. The lowest BCUT2D eigenvalue weighted by Gasteiger charge is -2.16. The van der Waals surface area contributed by atoms with Gasteiger partial charge in [-0.1, -0.05) is 30.3 Å². The average Bonchev–Trinajstić information content (AvgIpc) is 3.20. The molecule has 2 rings (SSSR count). The monoisotopic (exact) mass is 404 g/mol. The largest absolute Gasteiger partial charge is 0.379 e. The number of benzene rings is 1. The van der Waals surface area contributed by atoms with Crippen LogP contribution >= 0.6 is 11.3 Å². The van der Waals surface area contributed by atoms with Gasteiger partial charge in [-0.05, 0) is 29.5 Å². The van der Waals surface area contributed by atoms with Crippen molar-refractivity contribution in [2.45, 2.75) is 39.5 Å². The number of nitrogens with one attached hydrogen (secondary N) is 2. The third kappa shape index (κ3) is 8.21. The van der Waals surface area contributed by atoms with Gasteiger partial charge in [0.25, 0.3) is 0 Å². The lowest BCUT2D eigenvalue weighted by Crippen LogP contribution is -2.32. The summed E-state index contributed by atoms with van der Waals surface area (Å²) in [5.41, 5.74) is 2.06. The molecule has 28 heavy (non-hydrogen) atoms. The van der Waals surface area contributed by atoms with Crippen molar-refractivity contribution < 1.29 is 19.1 Å². The van der Waals surface area contributed by atoms with E-state index >= 15 is 0 Å². The fourth-order valence-corrected chi connectivity index (χ4v) is 3.48. The molecule has 1 aromatic carbocycles. The number of hydrogen-bond acceptors (Lipinski definition) is 5. The average molecular weight is 405 g/mol. The van der Waals surface area contributed by atoms with Gasteiger partial charge in [-0.15, -0.1) is 11.3 Å². The molecule has 2 amide bonds. The summed E-state index contributed by atoms with van der Waals surface area (Å²) < 4.78 is 10.8. The van der Waals surface area contributed by atoms with E-state index in [4.69, 9.17) is 9.47 Å². The minimum absolute atomic E-state index is 0.106. The van der Waals surface area contributed by atoms with Crippen LogP contribution in [0.4, 0.5) is 0 Å². The molecule has 0 aliphatic carbocycles. The van der Waals surface area contributed by atoms with Crippen LogP contribution in [0.2, 0.25) is 0 Å². The highest BCUT2D eigenvalue weighted by Crippen LogP contribution is 2.22. The first-order valence-corrected chi connectivity index (χ1v) is 10.3. The van der Waals surface area contributed by atoms with E-state index in [2.05, 4.69) is 10.6 Å². The third-order valence-corrected chi connectivity index (χ3v) is 4.97. The van der Waals surface area contributed by atoms with Crippen LogP contribution in [-0.2, 0) is 32.2 Å². The molecule has 6 nitrogen and oxygen atoms in total. The Labute approximate surface area is 170 Å². The van der Waals surface area contributed by atoms with Gasteiger partial charge in [0, 0.05) is 25.0 Å². The van der Waals surface area contributed by atoms with Crippen LogP contribution in [0.15, 0.2) is 41.8 Å². The number of amides is 2. The quantitative estimate of drug-likeness (QED) is 0.533. The highest BCUT2D eigenvalue weighted by Gasteiger charge is 2.17. The Hall–Kier alpha value is -2.22. The summed E-state index contributed by atoms with van der Waals surface area (Å²) >= 11 is 1.53. The van der Waals surface area contributed by atoms with Gasteiger partial charge in [0.1, 0.15) is 0 Å². The van der Waals surface area contributed by atoms with Crippen molar-refractivity contribution in [3.63, 3.8) is 0 Å². The summed E-state index contributed by atoms with van der Waals surface area (Å²) in [5.74, 6) is -0.256. The molecular formula is C21H28N2O4S. The van der Waals surface area contributed by atoms with E-state index in [1.165, 1.54) is 18.3 Å². The minimum atomic E-state index is -0.303. The molecule has 0 radical (unpaired) electrons. The minimum Gasteiger partial charge on any atom is -0.379 e. The zero-order chi connectivity index (χ0) is 20.2. The number of ether oxygens (including phenoxy) is 2. The molecule has 2 aromatic rings. The van der Waals surface area contributed by atoms with Crippen molar-refractivity contribution in [2.75, 3.05) is 19.8 Å². The predicted octanol–water partition coefficient (Wildman–Crippen LogP) is 3.18. The van der Waals surface area contributed by atoms with Crippen molar-refractivity contribution >= 4 is 23.2 Å². The van der Waals surface area contributed by atoms with Gasteiger partial charge < -0.3 is 20.1 Å². The molecule has 1 atom stereocenters. The molecule has 0 saturated heterocycles. The number of rotatable bonds is 12. The molecule has 0 aliphatic heterocycles. The topological polar surface area (TPSA) is 76.7 Å². The number of carbonyl (C=O) groups is 2. The van der Waals surface area contributed by atoms with Crippen LogP contribution in [0.1, 0.15) is 42.3 Å². The SMILES string of the molecule is CCOCCOCc1cccc(CNC(=O)CC(NC(C)=O)c2cccs2)c1. The first-order valence-electron chi connectivity index (χ1n) is 9.39. The molecule has 0 saturated carbocycles. The number of hydrogen-bond donors (Lipinski definition) is 2. The Kier molecular flexibility index (Phi) is 9.68. The van der Waals surface area contributed by atoms with E-state index in [-0.39, 0.29) is 24.3 Å². The van der Waals surface area contributed by atoms with Crippen LogP contribution in [-0.4, -0.2) is 31.6 Å². The Balaban J connectivity index is 1.81. The summed E-state index contributed by atoms with van der Waals surface area (Å²) in [6.45, 7) is 6.19. The summed E-state index contributed by atoms with van der Waals surface area (Å²) in [4.78, 5) is 24.8. The van der Waals surface area contributed by atoms with Gasteiger partial charge in [0.2, 0.25) is 11.8 Å². The highest BCUT2D eigenvalue weighted by atomic mass is 32.1. The second kappa shape index (κ2) is 12.3. The fourth-order valence-electron chi connectivity index (χ4n) is 2.70. The van der Waals surface area contributed by atoms with E-state index in [0.717, 1.165) is 16.0 Å².